The maximum absolute atomic E-state index is 12.8. The molecule has 0 radical (unpaired) electrons. The fourth-order valence-corrected chi connectivity index (χ4v) is 2.12. The van der Waals surface area contributed by atoms with Crippen molar-refractivity contribution in [2.75, 3.05) is 0 Å². The second kappa shape index (κ2) is 2.91. The summed E-state index contributed by atoms with van der Waals surface area (Å²) < 4.78 is 34.3. The predicted molar refractivity (Wildman–Crippen MR) is 55.3 cm³/mol. The third kappa shape index (κ3) is 1.45. The van der Waals surface area contributed by atoms with Gasteiger partial charge in [0.1, 0.15) is 0 Å². The van der Waals surface area contributed by atoms with Gasteiger partial charge in [-0.3, -0.25) is 0 Å². The highest BCUT2D eigenvalue weighted by atomic mass is 19.3. The molecule has 1 fully saturated rings. The average molecular weight is 240 g/mol. The number of rotatable bonds is 2. The Bertz CT molecular complexity index is 506. The molecule has 0 atom stereocenters. The van der Waals surface area contributed by atoms with Gasteiger partial charge in [0.25, 0.3) is 0 Å². The van der Waals surface area contributed by atoms with Gasteiger partial charge in [0.05, 0.1) is 11.2 Å². The van der Waals surface area contributed by atoms with Gasteiger partial charge in [-0.15, -0.1) is 8.78 Å². The molecule has 1 saturated carbocycles. The monoisotopic (exact) mass is 240 g/mol. The Balaban J connectivity index is 1.99. The fourth-order valence-electron chi connectivity index (χ4n) is 2.12. The number of hydrogen-bond acceptors (Lipinski definition) is 3. The standard InChI is InChI=1S/C12H10F2O3/c1-7(15)11(4-5-11)8-2-3-9-10(6-8)17-12(13,14)16-9/h2-3,6,15H,1,4-5H2. The molecular formula is C12H10F2O3. The van der Waals surface area contributed by atoms with Gasteiger partial charge in [-0.1, -0.05) is 12.6 Å². The summed E-state index contributed by atoms with van der Waals surface area (Å²) in [6.07, 6.45) is -2.08. The van der Waals surface area contributed by atoms with Crippen LogP contribution >= 0.6 is 0 Å². The van der Waals surface area contributed by atoms with Crippen LogP contribution in [0.25, 0.3) is 0 Å². The van der Waals surface area contributed by atoms with Crippen molar-refractivity contribution >= 4 is 0 Å². The van der Waals surface area contributed by atoms with Crippen molar-refractivity contribution in [2.45, 2.75) is 24.6 Å². The summed E-state index contributed by atoms with van der Waals surface area (Å²) in [7, 11) is 0. The maximum Gasteiger partial charge on any atom is 0.586 e. The molecule has 3 nitrogen and oxygen atoms in total. The van der Waals surface area contributed by atoms with Gasteiger partial charge < -0.3 is 14.6 Å². The quantitative estimate of drug-likeness (QED) is 0.807. The minimum Gasteiger partial charge on any atom is -0.512 e. The van der Waals surface area contributed by atoms with E-state index in [0.717, 1.165) is 18.4 Å². The van der Waals surface area contributed by atoms with E-state index in [1.165, 1.54) is 12.1 Å². The second-order valence-electron chi connectivity index (χ2n) is 4.36. The summed E-state index contributed by atoms with van der Waals surface area (Å²) in [4.78, 5) is 0. The largest absolute Gasteiger partial charge is 0.586 e. The normalized spacial score (nSPS) is 22.2. The Kier molecular flexibility index (Phi) is 1.78. The topological polar surface area (TPSA) is 38.7 Å². The predicted octanol–water partition coefficient (Wildman–Crippen LogP) is 3.11. The first-order chi connectivity index (χ1) is 7.93. The van der Waals surface area contributed by atoms with Crippen molar-refractivity contribution in [3.8, 4) is 11.5 Å². The molecule has 0 unspecified atom stereocenters. The van der Waals surface area contributed by atoms with Crippen molar-refractivity contribution in [1.29, 1.82) is 0 Å². The van der Waals surface area contributed by atoms with Crippen LogP contribution in [0.3, 0.4) is 0 Å². The SMILES string of the molecule is C=C(O)C1(c2ccc3c(c2)OC(F)(F)O3)CC1. The highest BCUT2D eigenvalue weighted by molar-refractivity contribution is 5.50. The van der Waals surface area contributed by atoms with E-state index in [0.29, 0.717) is 0 Å². The molecule has 0 bridgehead atoms. The Morgan fingerprint density at radius 3 is 2.47 bits per heavy atom. The Hall–Kier alpha value is -1.78. The van der Waals surface area contributed by atoms with Crippen LogP contribution in [-0.2, 0) is 5.41 Å². The summed E-state index contributed by atoms with van der Waals surface area (Å²) in [5.41, 5.74) is 0.237. The minimum atomic E-state index is -3.60. The first kappa shape index (κ1) is 10.4. The minimum absolute atomic E-state index is 0.0000231. The second-order valence-corrected chi connectivity index (χ2v) is 4.36. The van der Waals surface area contributed by atoms with E-state index in [1.54, 1.807) is 6.07 Å². The summed E-state index contributed by atoms with van der Waals surface area (Å²) >= 11 is 0. The van der Waals surface area contributed by atoms with E-state index in [2.05, 4.69) is 16.1 Å². The molecule has 0 spiro atoms. The number of halogens is 2. The third-order valence-corrected chi connectivity index (χ3v) is 3.26. The molecular weight excluding hydrogens is 230 g/mol. The number of alkyl halides is 2. The number of aliphatic hydroxyl groups excluding tert-OH is 1. The summed E-state index contributed by atoms with van der Waals surface area (Å²) in [6, 6.07) is 4.55. The molecule has 1 N–H and O–H groups in total. The van der Waals surface area contributed by atoms with Crippen molar-refractivity contribution < 1.29 is 23.4 Å². The highest BCUT2D eigenvalue weighted by Crippen LogP contribution is 2.54. The van der Waals surface area contributed by atoms with Gasteiger partial charge in [-0.2, -0.15) is 0 Å². The summed E-state index contributed by atoms with van der Waals surface area (Å²) in [6.45, 7) is 3.52. The zero-order chi connectivity index (χ0) is 12.3. The molecule has 17 heavy (non-hydrogen) atoms. The van der Waals surface area contributed by atoms with Crippen LogP contribution in [0.15, 0.2) is 30.5 Å². The molecule has 1 heterocycles. The van der Waals surface area contributed by atoms with Crippen molar-refractivity contribution in [1.82, 2.24) is 0 Å². The van der Waals surface area contributed by atoms with Crippen LogP contribution in [-0.4, -0.2) is 11.4 Å². The van der Waals surface area contributed by atoms with Crippen LogP contribution in [0.1, 0.15) is 18.4 Å². The van der Waals surface area contributed by atoms with Crippen molar-refractivity contribution in [2.24, 2.45) is 0 Å². The maximum atomic E-state index is 12.8. The van der Waals surface area contributed by atoms with Gasteiger partial charge in [-0.05, 0) is 30.5 Å². The molecule has 1 aliphatic carbocycles. The number of fused-ring (bicyclic) bond motifs is 1. The molecule has 1 aliphatic heterocycles. The molecule has 3 rings (SSSR count). The van der Waals surface area contributed by atoms with E-state index in [1.807, 2.05) is 0 Å². The number of allylic oxidation sites excluding steroid dienone is 1. The van der Waals surface area contributed by atoms with Gasteiger partial charge in [-0.25, -0.2) is 0 Å². The van der Waals surface area contributed by atoms with Gasteiger partial charge in [0.2, 0.25) is 0 Å². The summed E-state index contributed by atoms with van der Waals surface area (Å²) in [5.74, 6) is 0.0706. The van der Waals surface area contributed by atoms with E-state index in [9.17, 15) is 13.9 Å². The van der Waals surface area contributed by atoms with Gasteiger partial charge in [0.15, 0.2) is 11.5 Å². The lowest BCUT2D eigenvalue weighted by atomic mass is 9.94. The Labute approximate surface area is 96.3 Å². The van der Waals surface area contributed by atoms with E-state index < -0.39 is 11.7 Å². The highest BCUT2D eigenvalue weighted by Gasteiger charge is 2.49. The zero-order valence-corrected chi connectivity index (χ0v) is 8.87. The van der Waals surface area contributed by atoms with Crippen molar-refractivity contribution in [3.05, 3.63) is 36.1 Å². The van der Waals surface area contributed by atoms with Crippen molar-refractivity contribution in [3.63, 3.8) is 0 Å². The Morgan fingerprint density at radius 1 is 1.24 bits per heavy atom. The zero-order valence-electron chi connectivity index (χ0n) is 8.87. The molecule has 1 aromatic carbocycles. The van der Waals surface area contributed by atoms with E-state index in [-0.39, 0.29) is 17.3 Å². The van der Waals surface area contributed by atoms with Crippen LogP contribution in [0, 0.1) is 0 Å². The van der Waals surface area contributed by atoms with Crippen LogP contribution in [0.5, 0.6) is 11.5 Å². The van der Waals surface area contributed by atoms with Crippen LogP contribution < -0.4 is 9.47 Å². The number of benzene rings is 1. The Morgan fingerprint density at radius 2 is 1.88 bits per heavy atom. The van der Waals surface area contributed by atoms with Gasteiger partial charge in [0, 0.05) is 0 Å². The lowest BCUT2D eigenvalue weighted by molar-refractivity contribution is -0.286. The molecule has 90 valence electrons. The smallest absolute Gasteiger partial charge is 0.512 e. The molecule has 5 heteroatoms. The molecule has 0 amide bonds. The molecule has 1 aromatic rings. The molecule has 2 aliphatic rings. The first-order valence-corrected chi connectivity index (χ1v) is 5.22. The number of aliphatic hydroxyl groups is 1. The molecule has 0 saturated heterocycles. The van der Waals surface area contributed by atoms with Crippen LogP contribution in [0.4, 0.5) is 8.78 Å². The number of ether oxygens (including phenoxy) is 2. The lowest BCUT2D eigenvalue weighted by Crippen LogP contribution is -2.25. The van der Waals surface area contributed by atoms with E-state index in [4.69, 9.17) is 0 Å². The number of hydrogen-bond donors (Lipinski definition) is 1. The average Bonchev–Trinajstić information content (AvgIpc) is 2.95. The fraction of sp³-hybridized carbons (Fsp3) is 0.333. The summed E-state index contributed by atoms with van der Waals surface area (Å²) in [5, 5.41) is 9.53. The molecule has 0 aromatic heterocycles. The van der Waals surface area contributed by atoms with E-state index >= 15 is 0 Å². The van der Waals surface area contributed by atoms with Gasteiger partial charge >= 0.3 is 6.29 Å². The first-order valence-electron chi connectivity index (χ1n) is 5.22. The lowest BCUT2D eigenvalue weighted by Gasteiger charge is -2.14. The van der Waals surface area contributed by atoms with Crippen LogP contribution in [0.2, 0.25) is 0 Å². The third-order valence-electron chi connectivity index (χ3n) is 3.26.